The highest BCUT2D eigenvalue weighted by Gasteiger charge is 2.20. The lowest BCUT2D eigenvalue weighted by Crippen LogP contribution is -3.00. The molecule has 1 aromatic rings. The lowest BCUT2D eigenvalue weighted by molar-refractivity contribution is -0.923. The second kappa shape index (κ2) is 16.8. The molecule has 1 atom stereocenters. The van der Waals surface area contributed by atoms with Crippen LogP contribution >= 0.6 is 0 Å². The van der Waals surface area contributed by atoms with Crippen molar-refractivity contribution >= 4 is 0 Å². The maximum Gasteiger partial charge on any atom is 0.104 e. The van der Waals surface area contributed by atoms with E-state index in [1.165, 1.54) is 82.7 Å². The number of hydrogen-bond donors (Lipinski definition) is 1. The molecule has 2 nitrogen and oxygen atoms in total. The first-order chi connectivity index (χ1) is 12.2. The Morgan fingerprint density at radius 2 is 1.23 bits per heavy atom. The number of unbranched alkanes of at least 4 members (excludes halogenated alkanes) is 10. The van der Waals surface area contributed by atoms with Crippen molar-refractivity contribution in [3.8, 4) is 0 Å². The van der Waals surface area contributed by atoms with Crippen molar-refractivity contribution in [2.24, 2.45) is 0 Å². The van der Waals surface area contributed by atoms with E-state index in [9.17, 15) is 5.11 Å². The highest BCUT2D eigenvalue weighted by Crippen LogP contribution is 2.15. The molecule has 0 heterocycles. The van der Waals surface area contributed by atoms with E-state index in [-0.39, 0.29) is 23.6 Å². The molecule has 0 aliphatic heterocycles. The van der Waals surface area contributed by atoms with Crippen LogP contribution in [0.3, 0.4) is 0 Å². The SMILES string of the molecule is CCCCCCCCCCCCC[N+](C)(CCO)Cc1ccccc1.[Br-]. The van der Waals surface area contributed by atoms with Gasteiger partial charge in [-0.1, -0.05) is 95.0 Å². The number of quaternary nitrogens is 1. The van der Waals surface area contributed by atoms with Crippen molar-refractivity contribution in [2.75, 3.05) is 26.7 Å². The maximum atomic E-state index is 9.44. The summed E-state index contributed by atoms with van der Waals surface area (Å²) in [4.78, 5) is 0. The molecule has 26 heavy (non-hydrogen) atoms. The zero-order valence-corrected chi connectivity index (χ0v) is 18.9. The van der Waals surface area contributed by atoms with Gasteiger partial charge in [-0.05, 0) is 12.8 Å². The summed E-state index contributed by atoms with van der Waals surface area (Å²) < 4.78 is 0.956. The first kappa shape index (κ1) is 25.6. The molecule has 1 aromatic carbocycles. The number of halogens is 1. The molecule has 0 fully saturated rings. The molecule has 0 radical (unpaired) electrons. The number of nitrogens with zero attached hydrogens (tertiary/aromatic N) is 1. The minimum atomic E-state index is 0. The fourth-order valence-corrected chi connectivity index (χ4v) is 3.69. The summed E-state index contributed by atoms with van der Waals surface area (Å²) in [5.41, 5.74) is 1.38. The van der Waals surface area contributed by atoms with Crippen molar-refractivity contribution in [2.45, 2.75) is 84.1 Å². The smallest absolute Gasteiger partial charge is 0.104 e. The van der Waals surface area contributed by atoms with Gasteiger partial charge in [0.05, 0.1) is 20.2 Å². The van der Waals surface area contributed by atoms with Gasteiger partial charge in [-0.15, -0.1) is 0 Å². The second-order valence-electron chi connectivity index (χ2n) is 7.97. The fraction of sp³-hybridized carbons (Fsp3) is 0.739. The zero-order chi connectivity index (χ0) is 18.2. The summed E-state index contributed by atoms with van der Waals surface area (Å²) in [5.74, 6) is 0. The summed E-state index contributed by atoms with van der Waals surface area (Å²) >= 11 is 0. The van der Waals surface area contributed by atoms with Gasteiger partial charge in [-0.2, -0.15) is 0 Å². The molecule has 0 aliphatic carbocycles. The molecule has 152 valence electrons. The number of aliphatic hydroxyl groups excluding tert-OH is 1. The van der Waals surface area contributed by atoms with Gasteiger partial charge < -0.3 is 26.6 Å². The molecule has 1 rings (SSSR count). The van der Waals surface area contributed by atoms with Crippen LogP contribution in [0.15, 0.2) is 30.3 Å². The average Bonchev–Trinajstić information content (AvgIpc) is 2.61. The summed E-state index contributed by atoms with van der Waals surface area (Å²) in [7, 11) is 2.29. The van der Waals surface area contributed by atoms with E-state index in [2.05, 4.69) is 44.3 Å². The molecule has 0 spiro atoms. The van der Waals surface area contributed by atoms with E-state index in [4.69, 9.17) is 0 Å². The third-order valence-corrected chi connectivity index (χ3v) is 5.35. The highest BCUT2D eigenvalue weighted by molar-refractivity contribution is 5.13. The topological polar surface area (TPSA) is 20.2 Å². The number of rotatable bonds is 16. The predicted molar refractivity (Wildman–Crippen MR) is 110 cm³/mol. The van der Waals surface area contributed by atoms with E-state index in [0.29, 0.717) is 0 Å². The largest absolute Gasteiger partial charge is 1.00 e. The Hall–Kier alpha value is -0.380. The molecular formula is C23H42BrNO. The van der Waals surface area contributed by atoms with E-state index >= 15 is 0 Å². The number of benzene rings is 1. The van der Waals surface area contributed by atoms with E-state index < -0.39 is 0 Å². The Morgan fingerprint density at radius 1 is 0.731 bits per heavy atom. The third-order valence-electron chi connectivity index (χ3n) is 5.35. The molecule has 1 N–H and O–H groups in total. The zero-order valence-electron chi connectivity index (χ0n) is 17.3. The van der Waals surface area contributed by atoms with Gasteiger partial charge in [0, 0.05) is 5.56 Å². The van der Waals surface area contributed by atoms with Crippen molar-refractivity contribution < 1.29 is 26.6 Å². The quantitative estimate of drug-likeness (QED) is 0.317. The molecule has 1 unspecified atom stereocenters. The Kier molecular flexibility index (Phi) is 16.5. The Bertz CT molecular complexity index is 412. The fourth-order valence-electron chi connectivity index (χ4n) is 3.69. The molecule has 0 bridgehead atoms. The van der Waals surface area contributed by atoms with Gasteiger partial charge in [0.25, 0.3) is 0 Å². The van der Waals surface area contributed by atoms with Gasteiger partial charge in [-0.3, -0.25) is 0 Å². The van der Waals surface area contributed by atoms with E-state index in [1.54, 1.807) is 0 Å². The summed E-state index contributed by atoms with van der Waals surface area (Å²) in [6, 6.07) is 10.7. The lowest BCUT2D eigenvalue weighted by Gasteiger charge is -2.34. The van der Waals surface area contributed by atoms with Crippen molar-refractivity contribution in [3.05, 3.63) is 35.9 Å². The maximum absolute atomic E-state index is 9.44. The van der Waals surface area contributed by atoms with Crippen molar-refractivity contribution in [3.63, 3.8) is 0 Å². The molecule has 0 saturated carbocycles. The Balaban J connectivity index is 0.00000625. The van der Waals surface area contributed by atoms with Crippen LogP contribution in [-0.2, 0) is 6.54 Å². The normalized spacial score (nSPS) is 13.2. The van der Waals surface area contributed by atoms with E-state index in [1.807, 2.05) is 0 Å². The van der Waals surface area contributed by atoms with Crippen molar-refractivity contribution in [1.29, 1.82) is 0 Å². The molecule has 0 saturated heterocycles. The number of likely N-dealkylation sites (N-methyl/N-ethyl adjacent to an activating group) is 1. The van der Waals surface area contributed by atoms with Crippen LogP contribution in [-0.4, -0.2) is 36.3 Å². The Labute approximate surface area is 173 Å². The van der Waals surface area contributed by atoms with Crippen LogP contribution in [0.1, 0.15) is 83.1 Å². The predicted octanol–water partition coefficient (Wildman–Crippen LogP) is 2.94. The summed E-state index contributed by atoms with van der Waals surface area (Å²) in [5, 5.41) is 9.44. The first-order valence-electron chi connectivity index (χ1n) is 10.7. The van der Waals surface area contributed by atoms with Gasteiger partial charge in [-0.25, -0.2) is 0 Å². The van der Waals surface area contributed by atoms with Crippen LogP contribution < -0.4 is 17.0 Å². The molecule has 0 amide bonds. The van der Waals surface area contributed by atoms with Crippen LogP contribution in [0, 0.1) is 0 Å². The van der Waals surface area contributed by atoms with Crippen molar-refractivity contribution in [1.82, 2.24) is 0 Å². The van der Waals surface area contributed by atoms with Crippen LogP contribution in [0.5, 0.6) is 0 Å². The Morgan fingerprint density at radius 3 is 1.73 bits per heavy atom. The third kappa shape index (κ3) is 12.9. The average molecular weight is 428 g/mol. The second-order valence-corrected chi connectivity index (χ2v) is 7.97. The standard InChI is InChI=1S/C23H42NO.BrH/c1-3-4-5-6-7-8-9-10-11-12-16-19-24(2,20-21-25)22-23-17-14-13-15-18-23;/h13-15,17-18,25H,3-12,16,19-22H2,1-2H3;1H/q+1;/p-1. The molecular weight excluding hydrogens is 386 g/mol. The minimum Gasteiger partial charge on any atom is -1.00 e. The van der Waals surface area contributed by atoms with Gasteiger partial charge in [0.15, 0.2) is 0 Å². The first-order valence-corrected chi connectivity index (χ1v) is 10.7. The summed E-state index contributed by atoms with van der Waals surface area (Å²) in [6.45, 7) is 5.61. The van der Waals surface area contributed by atoms with Gasteiger partial charge >= 0.3 is 0 Å². The van der Waals surface area contributed by atoms with Crippen LogP contribution in [0.25, 0.3) is 0 Å². The monoisotopic (exact) mass is 427 g/mol. The summed E-state index contributed by atoms with van der Waals surface area (Å²) in [6.07, 6.45) is 15.3. The number of aliphatic hydroxyl groups is 1. The molecule has 0 aliphatic rings. The van der Waals surface area contributed by atoms with E-state index in [0.717, 1.165) is 17.6 Å². The van der Waals surface area contributed by atoms with Crippen LogP contribution in [0.4, 0.5) is 0 Å². The molecule has 0 aromatic heterocycles. The number of hydrogen-bond acceptors (Lipinski definition) is 1. The highest BCUT2D eigenvalue weighted by atomic mass is 79.9. The van der Waals surface area contributed by atoms with Crippen LogP contribution in [0.2, 0.25) is 0 Å². The minimum absolute atomic E-state index is 0. The molecule has 3 heteroatoms. The van der Waals surface area contributed by atoms with Gasteiger partial charge in [0.1, 0.15) is 13.1 Å². The van der Waals surface area contributed by atoms with Gasteiger partial charge in [0.2, 0.25) is 0 Å². The lowest BCUT2D eigenvalue weighted by atomic mass is 10.1.